The van der Waals surface area contributed by atoms with Gasteiger partial charge in [0.05, 0.1) is 5.56 Å². The van der Waals surface area contributed by atoms with Crippen molar-refractivity contribution >= 4 is 6.08 Å². The molecule has 116 valence electrons. The number of benzene rings is 2. The van der Waals surface area contributed by atoms with Crippen LogP contribution in [0.5, 0.6) is 0 Å². The third kappa shape index (κ3) is 4.76. The minimum Gasteiger partial charge on any atom is -0.166 e. The summed E-state index contributed by atoms with van der Waals surface area (Å²) in [6.45, 7) is 2.14. The van der Waals surface area contributed by atoms with Gasteiger partial charge in [0.2, 0.25) is 0 Å². The molecule has 0 atom stereocenters. The molecule has 0 aliphatic heterocycles. The first-order valence-electron chi connectivity index (χ1n) is 7.40. The molecule has 2 aromatic carbocycles. The highest BCUT2D eigenvalue weighted by Gasteiger charge is 2.29. The minimum absolute atomic E-state index is 0.604. The molecule has 0 radical (unpaired) electrons. The molecule has 0 amide bonds. The number of hydrogen-bond donors (Lipinski definition) is 0. The average Bonchev–Trinajstić information content (AvgIpc) is 2.49. The van der Waals surface area contributed by atoms with Crippen LogP contribution in [0.25, 0.3) is 6.08 Å². The fraction of sp³-hybridized carbons (Fsp3) is 0.263. The summed E-state index contributed by atoms with van der Waals surface area (Å²) >= 11 is 0. The van der Waals surface area contributed by atoms with E-state index in [9.17, 15) is 13.2 Å². The first-order chi connectivity index (χ1) is 10.5. The van der Waals surface area contributed by atoms with Crippen LogP contribution < -0.4 is 0 Å². The molecule has 22 heavy (non-hydrogen) atoms. The van der Waals surface area contributed by atoms with E-state index < -0.39 is 11.7 Å². The second kappa shape index (κ2) is 7.30. The number of hydrogen-bond acceptors (Lipinski definition) is 0. The zero-order valence-corrected chi connectivity index (χ0v) is 12.5. The van der Waals surface area contributed by atoms with E-state index in [1.165, 1.54) is 12.1 Å². The SMILES string of the molecule is CCC/C=C/c1ccc(Cc2ccc(C(F)(F)F)cc2)cc1. The molecular formula is C19H19F3. The van der Waals surface area contributed by atoms with Crippen molar-refractivity contribution in [3.8, 4) is 0 Å². The van der Waals surface area contributed by atoms with E-state index in [0.29, 0.717) is 6.42 Å². The number of unbranched alkanes of at least 4 members (excludes halogenated alkanes) is 1. The van der Waals surface area contributed by atoms with Crippen LogP contribution in [0.3, 0.4) is 0 Å². The Kier molecular flexibility index (Phi) is 5.42. The summed E-state index contributed by atoms with van der Waals surface area (Å²) in [6.07, 6.45) is 2.79. The van der Waals surface area contributed by atoms with Gasteiger partial charge in [-0.25, -0.2) is 0 Å². The molecule has 0 fully saturated rings. The quantitative estimate of drug-likeness (QED) is 0.625. The second-order valence-electron chi connectivity index (χ2n) is 5.30. The largest absolute Gasteiger partial charge is 0.416 e. The molecular weight excluding hydrogens is 285 g/mol. The topological polar surface area (TPSA) is 0 Å². The Morgan fingerprint density at radius 2 is 1.41 bits per heavy atom. The Hall–Kier alpha value is -2.03. The lowest BCUT2D eigenvalue weighted by Crippen LogP contribution is -2.04. The Morgan fingerprint density at radius 1 is 0.864 bits per heavy atom. The van der Waals surface area contributed by atoms with Gasteiger partial charge in [0.1, 0.15) is 0 Å². The first kappa shape index (κ1) is 16.3. The Labute approximate surface area is 129 Å². The standard InChI is InChI=1S/C19H19F3/c1-2-3-4-5-15-6-8-16(9-7-15)14-17-10-12-18(13-11-17)19(20,21)22/h4-13H,2-3,14H2,1H3/b5-4+. The molecule has 2 rings (SSSR count). The van der Waals surface area contributed by atoms with Crippen molar-refractivity contribution in [3.05, 3.63) is 76.9 Å². The third-order valence-corrected chi connectivity index (χ3v) is 3.43. The Bertz CT molecular complexity index is 605. The van der Waals surface area contributed by atoms with Crippen molar-refractivity contribution < 1.29 is 13.2 Å². The van der Waals surface area contributed by atoms with E-state index in [0.717, 1.165) is 41.7 Å². The molecule has 2 aromatic rings. The van der Waals surface area contributed by atoms with Gasteiger partial charge >= 0.3 is 6.18 Å². The van der Waals surface area contributed by atoms with E-state index in [1.807, 2.05) is 24.3 Å². The van der Waals surface area contributed by atoms with Gasteiger partial charge in [-0.1, -0.05) is 61.9 Å². The second-order valence-corrected chi connectivity index (χ2v) is 5.30. The van der Waals surface area contributed by atoms with Gasteiger partial charge in [-0.2, -0.15) is 13.2 Å². The number of allylic oxidation sites excluding steroid dienone is 1. The molecule has 0 N–H and O–H groups in total. The van der Waals surface area contributed by atoms with Crippen LogP contribution >= 0.6 is 0 Å². The maximum atomic E-state index is 12.5. The number of alkyl halides is 3. The van der Waals surface area contributed by atoms with Gasteiger partial charge in [0, 0.05) is 0 Å². The van der Waals surface area contributed by atoms with Crippen LogP contribution in [0.1, 0.15) is 42.0 Å². The van der Waals surface area contributed by atoms with Crippen molar-refractivity contribution in [2.75, 3.05) is 0 Å². The van der Waals surface area contributed by atoms with Crippen LogP contribution in [0.15, 0.2) is 54.6 Å². The molecule has 0 nitrogen and oxygen atoms in total. The molecule has 0 aliphatic rings. The molecule has 0 spiro atoms. The first-order valence-corrected chi connectivity index (χ1v) is 7.40. The summed E-state index contributed by atoms with van der Waals surface area (Å²) in [6, 6.07) is 13.5. The zero-order valence-electron chi connectivity index (χ0n) is 12.5. The van der Waals surface area contributed by atoms with Gasteiger partial charge in [-0.3, -0.25) is 0 Å². The predicted molar refractivity (Wildman–Crippen MR) is 84.6 cm³/mol. The Balaban J connectivity index is 2.01. The van der Waals surface area contributed by atoms with Gasteiger partial charge in [-0.15, -0.1) is 0 Å². The zero-order chi connectivity index (χ0) is 16.0. The predicted octanol–water partition coefficient (Wildman–Crippen LogP) is 6.11. The van der Waals surface area contributed by atoms with Crippen molar-refractivity contribution in [1.29, 1.82) is 0 Å². The van der Waals surface area contributed by atoms with Crippen LogP contribution in [0.2, 0.25) is 0 Å². The van der Waals surface area contributed by atoms with Crippen molar-refractivity contribution in [3.63, 3.8) is 0 Å². The van der Waals surface area contributed by atoms with Crippen LogP contribution in [0.4, 0.5) is 13.2 Å². The molecule has 0 saturated carbocycles. The summed E-state index contributed by atoms with van der Waals surface area (Å²) in [5, 5.41) is 0. The molecule has 0 aromatic heterocycles. The summed E-state index contributed by atoms with van der Waals surface area (Å²) in [4.78, 5) is 0. The van der Waals surface area contributed by atoms with Gasteiger partial charge in [0.15, 0.2) is 0 Å². The van der Waals surface area contributed by atoms with E-state index in [-0.39, 0.29) is 0 Å². The molecule has 0 heterocycles. The molecule has 0 aliphatic carbocycles. The monoisotopic (exact) mass is 304 g/mol. The van der Waals surface area contributed by atoms with E-state index in [4.69, 9.17) is 0 Å². The highest BCUT2D eigenvalue weighted by atomic mass is 19.4. The van der Waals surface area contributed by atoms with E-state index in [1.54, 1.807) is 0 Å². The normalized spacial score (nSPS) is 12.0. The van der Waals surface area contributed by atoms with Gasteiger partial charge < -0.3 is 0 Å². The van der Waals surface area contributed by atoms with Gasteiger partial charge in [-0.05, 0) is 41.7 Å². The lowest BCUT2D eigenvalue weighted by Gasteiger charge is -2.08. The maximum absolute atomic E-state index is 12.5. The lowest BCUT2D eigenvalue weighted by molar-refractivity contribution is -0.137. The number of halogens is 3. The summed E-state index contributed by atoms with van der Waals surface area (Å²) < 4.78 is 37.5. The fourth-order valence-corrected chi connectivity index (χ4v) is 2.18. The molecule has 0 bridgehead atoms. The lowest BCUT2D eigenvalue weighted by atomic mass is 10.0. The van der Waals surface area contributed by atoms with E-state index in [2.05, 4.69) is 19.1 Å². The molecule has 0 saturated heterocycles. The summed E-state index contributed by atoms with van der Waals surface area (Å²) in [5.74, 6) is 0. The molecule has 3 heteroatoms. The van der Waals surface area contributed by atoms with Crippen molar-refractivity contribution in [2.45, 2.75) is 32.4 Å². The third-order valence-electron chi connectivity index (χ3n) is 3.43. The average molecular weight is 304 g/mol. The maximum Gasteiger partial charge on any atom is 0.416 e. The van der Waals surface area contributed by atoms with Crippen LogP contribution in [-0.2, 0) is 12.6 Å². The van der Waals surface area contributed by atoms with Crippen molar-refractivity contribution in [2.24, 2.45) is 0 Å². The van der Waals surface area contributed by atoms with Crippen LogP contribution in [-0.4, -0.2) is 0 Å². The molecule has 0 unspecified atom stereocenters. The highest BCUT2D eigenvalue weighted by molar-refractivity contribution is 5.49. The summed E-state index contributed by atoms with van der Waals surface area (Å²) in [7, 11) is 0. The number of rotatable bonds is 5. The fourth-order valence-electron chi connectivity index (χ4n) is 2.18. The van der Waals surface area contributed by atoms with E-state index >= 15 is 0 Å². The summed E-state index contributed by atoms with van der Waals surface area (Å²) in [5.41, 5.74) is 2.51. The van der Waals surface area contributed by atoms with Crippen molar-refractivity contribution in [1.82, 2.24) is 0 Å². The van der Waals surface area contributed by atoms with Crippen LogP contribution in [0, 0.1) is 0 Å². The van der Waals surface area contributed by atoms with Gasteiger partial charge in [0.25, 0.3) is 0 Å². The Morgan fingerprint density at radius 3 is 1.91 bits per heavy atom. The highest BCUT2D eigenvalue weighted by Crippen LogP contribution is 2.29. The minimum atomic E-state index is -4.27. The smallest absolute Gasteiger partial charge is 0.166 e.